The van der Waals surface area contributed by atoms with Crippen LogP contribution >= 0.6 is 0 Å². The molecule has 0 radical (unpaired) electrons. The summed E-state index contributed by atoms with van der Waals surface area (Å²) in [5.41, 5.74) is 6.78. The number of sulfone groups is 1. The molecule has 3 aromatic rings. The summed E-state index contributed by atoms with van der Waals surface area (Å²) < 4.78 is 69.6. The molecule has 0 saturated heterocycles. The quantitative estimate of drug-likeness (QED) is 0.378. The number of hydrogen-bond acceptors (Lipinski definition) is 6. The van der Waals surface area contributed by atoms with E-state index in [2.05, 4.69) is 4.98 Å². The summed E-state index contributed by atoms with van der Waals surface area (Å²) in [6.07, 6.45) is -3.29. The number of alkyl halides is 3. The number of fused-ring (bicyclic) bond motifs is 1. The van der Waals surface area contributed by atoms with Crippen molar-refractivity contribution in [1.29, 1.82) is 0 Å². The lowest BCUT2D eigenvalue weighted by Crippen LogP contribution is -2.29. The first-order valence-corrected chi connectivity index (χ1v) is 14.5. The average molecular weight is 565 g/mol. The van der Waals surface area contributed by atoms with Crippen LogP contribution in [-0.4, -0.2) is 49.6 Å². The minimum absolute atomic E-state index is 0.0389. The fourth-order valence-electron chi connectivity index (χ4n) is 4.98. The van der Waals surface area contributed by atoms with Gasteiger partial charge >= 0.3 is 6.18 Å². The molecule has 210 valence electrons. The molecule has 1 aliphatic rings. The number of pyridine rings is 1. The number of nitrogens with two attached hydrogens (primary N) is 1. The zero-order valence-electron chi connectivity index (χ0n) is 21.4. The molecular formula is C28H31F3N2O5S. The third kappa shape index (κ3) is 6.52. The number of carbonyl (C=O) groups is 1. The van der Waals surface area contributed by atoms with Crippen molar-refractivity contribution in [3.05, 3.63) is 65.4 Å². The number of ether oxygens (including phenoxy) is 1. The number of halogens is 3. The van der Waals surface area contributed by atoms with Gasteiger partial charge in [-0.2, -0.15) is 13.2 Å². The minimum Gasteiger partial charge on any atom is -0.477 e. The van der Waals surface area contributed by atoms with Crippen LogP contribution in [0.2, 0.25) is 0 Å². The van der Waals surface area contributed by atoms with Gasteiger partial charge in [0.1, 0.15) is 0 Å². The van der Waals surface area contributed by atoms with Gasteiger partial charge in [0, 0.05) is 16.9 Å². The molecule has 4 rings (SSSR count). The number of amides is 1. The summed E-state index contributed by atoms with van der Waals surface area (Å²) in [5.74, 6) is -2.40. The molecule has 1 heterocycles. The number of hydrogen-bond donors (Lipinski definition) is 2. The fraction of sp³-hybridized carbons (Fsp3) is 0.429. The highest BCUT2D eigenvalue weighted by molar-refractivity contribution is 7.91. The predicted octanol–water partition coefficient (Wildman–Crippen LogP) is 5.00. The molecule has 1 amide bonds. The van der Waals surface area contributed by atoms with Crippen LogP contribution in [0.1, 0.15) is 60.1 Å². The van der Waals surface area contributed by atoms with Crippen molar-refractivity contribution in [2.75, 3.05) is 19.0 Å². The van der Waals surface area contributed by atoms with Crippen molar-refractivity contribution >= 4 is 26.5 Å². The number of benzene rings is 2. The summed E-state index contributed by atoms with van der Waals surface area (Å²) in [4.78, 5) is 16.6. The molecule has 7 nitrogen and oxygen atoms in total. The van der Waals surface area contributed by atoms with Gasteiger partial charge in [-0.25, -0.2) is 13.4 Å². The highest BCUT2D eigenvalue weighted by Gasteiger charge is 2.41. The molecule has 0 spiro atoms. The summed E-state index contributed by atoms with van der Waals surface area (Å²) in [6, 6.07) is 12.7. The van der Waals surface area contributed by atoms with E-state index in [0.29, 0.717) is 34.9 Å². The first-order chi connectivity index (χ1) is 18.4. The van der Waals surface area contributed by atoms with Gasteiger partial charge in [0.15, 0.2) is 9.84 Å². The first kappa shape index (κ1) is 28.8. The van der Waals surface area contributed by atoms with Gasteiger partial charge in [-0.3, -0.25) is 4.79 Å². The molecule has 0 aliphatic heterocycles. The van der Waals surface area contributed by atoms with Gasteiger partial charge in [-0.05, 0) is 78.9 Å². The Hall–Kier alpha value is -3.18. The lowest BCUT2D eigenvalue weighted by atomic mass is 9.82. The van der Waals surface area contributed by atoms with E-state index in [1.54, 1.807) is 43.3 Å². The Bertz CT molecular complexity index is 1430. The normalized spacial score (nSPS) is 19.1. The Morgan fingerprint density at radius 3 is 2.33 bits per heavy atom. The van der Waals surface area contributed by atoms with Crippen molar-refractivity contribution in [2.24, 2.45) is 17.6 Å². The summed E-state index contributed by atoms with van der Waals surface area (Å²) in [5, 5.41) is 11.5. The molecule has 1 aliphatic carbocycles. The van der Waals surface area contributed by atoms with Crippen LogP contribution in [0.25, 0.3) is 10.8 Å². The van der Waals surface area contributed by atoms with Gasteiger partial charge in [0.05, 0.1) is 35.5 Å². The number of aromatic nitrogens is 1. The first-order valence-electron chi connectivity index (χ1n) is 12.8. The van der Waals surface area contributed by atoms with Crippen LogP contribution in [0.4, 0.5) is 13.2 Å². The molecule has 1 atom stereocenters. The standard InChI is InChI=1S/C28H31F3N2O5S/c1-2-39(36,37)22-10-5-18(6-11-22)24(15-34)25-14-20-13-19(26(32)35)7-12-23(20)27(33-25)38-16-17-3-8-21(9-4-17)28(29,30)31/h5-7,10-14,17,21,24,34H,2-4,8-9,15-16H2,1H3,(H2,32,35)/t17?,21?,24-/m1/s1. The van der Waals surface area contributed by atoms with E-state index in [1.807, 2.05) is 0 Å². The second-order valence-corrected chi connectivity index (χ2v) is 12.2. The van der Waals surface area contributed by atoms with E-state index in [9.17, 15) is 31.5 Å². The van der Waals surface area contributed by atoms with Crippen LogP contribution in [0.5, 0.6) is 5.88 Å². The average Bonchev–Trinajstić information content (AvgIpc) is 2.91. The highest BCUT2D eigenvalue weighted by Crippen LogP contribution is 2.40. The minimum atomic E-state index is -4.19. The number of aliphatic hydroxyl groups is 1. The smallest absolute Gasteiger partial charge is 0.391 e. The van der Waals surface area contributed by atoms with Crippen LogP contribution in [0.15, 0.2) is 53.4 Å². The maximum atomic E-state index is 13.1. The molecule has 11 heteroatoms. The molecule has 1 saturated carbocycles. The number of rotatable bonds is 9. The van der Waals surface area contributed by atoms with Crippen molar-refractivity contribution in [2.45, 2.75) is 49.6 Å². The van der Waals surface area contributed by atoms with Gasteiger partial charge in [0.25, 0.3) is 0 Å². The lowest BCUT2D eigenvalue weighted by Gasteiger charge is -2.29. The fourth-order valence-corrected chi connectivity index (χ4v) is 5.87. The topological polar surface area (TPSA) is 120 Å². The zero-order valence-corrected chi connectivity index (χ0v) is 22.3. The zero-order chi connectivity index (χ0) is 28.4. The highest BCUT2D eigenvalue weighted by atomic mass is 32.2. The maximum Gasteiger partial charge on any atom is 0.391 e. The van der Waals surface area contributed by atoms with E-state index in [1.165, 1.54) is 12.1 Å². The van der Waals surface area contributed by atoms with E-state index in [0.717, 1.165) is 0 Å². The van der Waals surface area contributed by atoms with E-state index >= 15 is 0 Å². The number of primary amides is 1. The van der Waals surface area contributed by atoms with Gasteiger partial charge in [0.2, 0.25) is 11.8 Å². The Morgan fingerprint density at radius 1 is 1.10 bits per heavy atom. The molecule has 0 bridgehead atoms. The van der Waals surface area contributed by atoms with Gasteiger partial charge < -0.3 is 15.6 Å². The number of aliphatic hydroxyl groups excluding tert-OH is 1. The molecular weight excluding hydrogens is 533 g/mol. The SMILES string of the molecule is CCS(=O)(=O)c1ccc([C@@H](CO)c2cc3cc(C(N)=O)ccc3c(OCC3CCC(C(F)(F)F)CC3)n2)cc1. The Balaban J connectivity index is 1.65. The molecule has 1 fully saturated rings. The predicted molar refractivity (Wildman–Crippen MR) is 140 cm³/mol. The summed E-state index contributed by atoms with van der Waals surface area (Å²) >= 11 is 0. The second kappa shape index (κ2) is 11.5. The van der Waals surface area contributed by atoms with Crippen LogP contribution in [-0.2, 0) is 9.84 Å². The van der Waals surface area contributed by atoms with Crippen molar-refractivity contribution < 1.29 is 36.2 Å². The van der Waals surface area contributed by atoms with E-state index < -0.39 is 33.8 Å². The number of nitrogens with zero attached hydrogens (tertiary/aromatic N) is 1. The van der Waals surface area contributed by atoms with Gasteiger partial charge in [-0.1, -0.05) is 19.1 Å². The Labute approximate surface area is 225 Å². The molecule has 3 N–H and O–H groups in total. The largest absolute Gasteiger partial charge is 0.477 e. The van der Waals surface area contributed by atoms with Crippen LogP contribution in [0.3, 0.4) is 0 Å². The third-order valence-electron chi connectivity index (χ3n) is 7.43. The van der Waals surface area contributed by atoms with Crippen molar-refractivity contribution in [3.63, 3.8) is 0 Å². The molecule has 2 aromatic carbocycles. The summed E-state index contributed by atoms with van der Waals surface area (Å²) in [7, 11) is -3.39. The Kier molecular flexibility index (Phi) is 8.51. The van der Waals surface area contributed by atoms with Crippen LogP contribution in [0, 0.1) is 11.8 Å². The number of carbonyl (C=O) groups excluding carboxylic acids is 1. The molecule has 0 unspecified atom stereocenters. The van der Waals surface area contributed by atoms with E-state index in [-0.39, 0.29) is 54.1 Å². The Morgan fingerprint density at radius 2 is 1.77 bits per heavy atom. The maximum absolute atomic E-state index is 13.1. The van der Waals surface area contributed by atoms with E-state index in [4.69, 9.17) is 10.5 Å². The van der Waals surface area contributed by atoms with Crippen LogP contribution < -0.4 is 10.5 Å². The third-order valence-corrected chi connectivity index (χ3v) is 9.18. The molecule has 39 heavy (non-hydrogen) atoms. The lowest BCUT2D eigenvalue weighted by molar-refractivity contribution is -0.184. The monoisotopic (exact) mass is 564 g/mol. The molecule has 1 aromatic heterocycles. The van der Waals surface area contributed by atoms with Crippen molar-refractivity contribution in [1.82, 2.24) is 4.98 Å². The second-order valence-electron chi connectivity index (χ2n) is 9.93. The van der Waals surface area contributed by atoms with Crippen molar-refractivity contribution in [3.8, 4) is 5.88 Å². The summed E-state index contributed by atoms with van der Waals surface area (Å²) in [6.45, 7) is 1.40. The van der Waals surface area contributed by atoms with Gasteiger partial charge in [-0.15, -0.1) is 0 Å².